The Labute approximate surface area is 143 Å². The van der Waals surface area contributed by atoms with Crippen molar-refractivity contribution in [3.05, 3.63) is 12.7 Å². The van der Waals surface area contributed by atoms with Gasteiger partial charge in [-0.15, -0.1) is 0 Å². The van der Waals surface area contributed by atoms with E-state index in [1.807, 2.05) is 6.92 Å². The zero-order valence-corrected chi connectivity index (χ0v) is 14.9. The summed E-state index contributed by atoms with van der Waals surface area (Å²) in [5.41, 5.74) is 6.71. The Morgan fingerprint density at radius 2 is 2.12 bits per heavy atom. The van der Waals surface area contributed by atoms with Gasteiger partial charge in [0.2, 0.25) is 0 Å². The van der Waals surface area contributed by atoms with Crippen LogP contribution in [0.15, 0.2) is 12.7 Å². The molecule has 1 aliphatic rings. The molecule has 25 heavy (non-hydrogen) atoms. The van der Waals surface area contributed by atoms with E-state index in [-0.39, 0.29) is 5.82 Å². The molecule has 1 fully saturated rings. The number of fused-ring (bicyclic) bond motifs is 1. The summed E-state index contributed by atoms with van der Waals surface area (Å²) in [5, 5.41) is 0. The molecule has 0 radical (unpaired) electrons. The number of nitrogens with two attached hydrogens (primary N) is 1. The third kappa shape index (κ3) is 3.26. The third-order valence-corrected chi connectivity index (χ3v) is 5.08. The first-order valence-electron chi connectivity index (χ1n) is 7.60. The molecule has 3 rings (SSSR count). The van der Waals surface area contributed by atoms with Gasteiger partial charge < -0.3 is 20.1 Å². The van der Waals surface area contributed by atoms with Gasteiger partial charge in [0.1, 0.15) is 24.1 Å². The predicted molar refractivity (Wildman–Crippen MR) is 86.4 cm³/mol. The molecule has 138 valence electrons. The SMILES string of the molecule is CC[C@H]1O[C@@H](n2cnc3c(N)ncnc32)C(OC)[C@H]1OP(=O)(O)OC. The van der Waals surface area contributed by atoms with E-state index in [0.29, 0.717) is 17.6 Å². The molecule has 0 amide bonds. The van der Waals surface area contributed by atoms with E-state index in [9.17, 15) is 9.46 Å². The summed E-state index contributed by atoms with van der Waals surface area (Å²) in [6, 6.07) is 0. The molecule has 2 aromatic rings. The van der Waals surface area contributed by atoms with E-state index in [2.05, 4.69) is 19.5 Å². The molecule has 3 N–H and O–H groups in total. The van der Waals surface area contributed by atoms with E-state index in [1.54, 1.807) is 4.57 Å². The molecule has 11 nitrogen and oxygen atoms in total. The van der Waals surface area contributed by atoms with E-state index in [1.165, 1.54) is 19.8 Å². The molecule has 0 spiro atoms. The van der Waals surface area contributed by atoms with Gasteiger partial charge in [0.05, 0.1) is 12.4 Å². The highest BCUT2D eigenvalue weighted by Gasteiger charge is 2.49. The van der Waals surface area contributed by atoms with Gasteiger partial charge in [-0.3, -0.25) is 13.6 Å². The molecule has 1 aliphatic heterocycles. The molecule has 2 aromatic heterocycles. The number of imidazole rings is 1. The average molecular weight is 373 g/mol. The number of nitrogen functional groups attached to an aromatic ring is 1. The third-order valence-electron chi connectivity index (χ3n) is 4.11. The van der Waals surface area contributed by atoms with Crippen molar-refractivity contribution in [2.45, 2.75) is 37.9 Å². The van der Waals surface area contributed by atoms with Gasteiger partial charge in [0.25, 0.3) is 0 Å². The zero-order valence-electron chi connectivity index (χ0n) is 14.0. The van der Waals surface area contributed by atoms with Crippen molar-refractivity contribution in [1.29, 1.82) is 0 Å². The van der Waals surface area contributed by atoms with E-state index in [4.69, 9.17) is 19.7 Å². The Morgan fingerprint density at radius 1 is 1.36 bits per heavy atom. The van der Waals surface area contributed by atoms with E-state index >= 15 is 0 Å². The number of hydrogen-bond acceptors (Lipinski definition) is 9. The molecule has 0 aromatic carbocycles. The number of ether oxygens (including phenoxy) is 2. The van der Waals surface area contributed by atoms with Crippen molar-refractivity contribution < 1.29 is 28.0 Å². The van der Waals surface area contributed by atoms with Crippen LogP contribution in [0.4, 0.5) is 5.82 Å². The standard InChI is InChI=1S/C13H20N5O6P/c1-4-7-9(24-25(19,20)22-3)10(21-2)13(23-7)18-6-17-8-11(14)15-5-16-12(8)18/h5-7,9-10,13H,4H2,1-3H3,(H,19,20)(H2,14,15,16)/t7-,9+,10?,13-/m1/s1. The van der Waals surface area contributed by atoms with Gasteiger partial charge >= 0.3 is 7.82 Å². The lowest BCUT2D eigenvalue weighted by Crippen LogP contribution is -2.35. The second-order valence-corrected chi connectivity index (χ2v) is 6.99. The Bertz CT molecular complexity index is 800. The fraction of sp³-hybridized carbons (Fsp3) is 0.615. The van der Waals surface area contributed by atoms with Gasteiger partial charge in [0, 0.05) is 14.2 Å². The van der Waals surface area contributed by atoms with Crippen molar-refractivity contribution in [3.8, 4) is 0 Å². The molecule has 3 heterocycles. The van der Waals surface area contributed by atoms with Crippen molar-refractivity contribution in [3.63, 3.8) is 0 Å². The van der Waals surface area contributed by atoms with Gasteiger partial charge in [-0.2, -0.15) is 0 Å². The van der Waals surface area contributed by atoms with Crippen LogP contribution in [0.5, 0.6) is 0 Å². The second-order valence-electron chi connectivity index (χ2n) is 5.48. The monoisotopic (exact) mass is 373 g/mol. The first-order valence-corrected chi connectivity index (χ1v) is 9.09. The van der Waals surface area contributed by atoms with E-state index in [0.717, 1.165) is 7.11 Å². The fourth-order valence-corrected chi connectivity index (χ4v) is 3.54. The fourth-order valence-electron chi connectivity index (χ4n) is 2.89. The summed E-state index contributed by atoms with van der Waals surface area (Å²) in [6.45, 7) is 1.87. The predicted octanol–water partition coefficient (Wildman–Crippen LogP) is 0.863. The number of nitrogens with zero attached hydrogens (tertiary/aromatic N) is 4. The van der Waals surface area contributed by atoms with Crippen molar-refractivity contribution in [2.75, 3.05) is 20.0 Å². The molecular weight excluding hydrogens is 353 g/mol. The maximum atomic E-state index is 11.9. The summed E-state index contributed by atoms with van der Waals surface area (Å²) < 4.78 is 34.8. The molecule has 0 saturated carbocycles. The Morgan fingerprint density at radius 3 is 2.76 bits per heavy atom. The van der Waals surface area contributed by atoms with Gasteiger partial charge in [-0.25, -0.2) is 19.5 Å². The first-order chi connectivity index (χ1) is 11.9. The van der Waals surface area contributed by atoms with Crippen LogP contribution in [-0.2, 0) is 23.1 Å². The van der Waals surface area contributed by atoms with Crippen LogP contribution in [-0.4, -0.2) is 56.9 Å². The van der Waals surface area contributed by atoms with Crippen LogP contribution in [0.25, 0.3) is 11.2 Å². The van der Waals surface area contributed by atoms with Gasteiger partial charge in [-0.05, 0) is 6.42 Å². The number of rotatable bonds is 6. The van der Waals surface area contributed by atoms with Crippen LogP contribution >= 0.6 is 7.82 Å². The highest BCUT2D eigenvalue weighted by Crippen LogP contribution is 2.48. The van der Waals surface area contributed by atoms with Gasteiger partial charge in [0.15, 0.2) is 17.7 Å². The summed E-state index contributed by atoms with van der Waals surface area (Å²) in [6.07, 6.45) is 0.718. The minimum Gasteiger partial charge on any atom is -0.382 e. The number of hydrogen-bond donors (Lipinski definition) is 2. The smallest absolute Gasteiger partial charge is 0.382 e. The highest BCUT2D eigenvalue weighted by molar-refractivity contribution is 7.47. The van der Waals surface area contributed by atoms with Crippen molar-refractivity contribution >= 4 is 24.8 Å². The first kappa shape index (κ1) is 18.2. The van der Waals surface area contributed by atoms with E-state index < -0.39 is 32.4 Å². The lowest BCUT2D eigenvalue weighted by molar-refractivity contribution is -0.0497. The van der Waals surface area contributed by atoms with Crippen LogP contribution < -0.4 is 5.73 Å². The average Bonchev–Trinajstić information content (AvgIpc) is 3.16. The minimum atomic E-state index is -4.21. The van der Waals surface area contributed by atoms with Gasteiger partial charge in [-0.1, -0.05) is 6.92 Å². The van der Waals surface area contributed by atoms with Crippen molar-refractivity contribution in [1.82, 2.24) is 19.5 Å². The minimum absolute atomic E-state index is 0.245. The Kier molecular flexibility index (Phi) is 5.05. The molecule has 12 heteroatoms. The maximum absolute atomic E-state index is 11.9. The molecule has 0 aliphatic carbocycles. The number of aromatic nitrogens is 4. The van der Waals surface area contributed by atoms with Crippen LogP contribution in [0.3, 0.4) is 0 Å². The zero-order chi connectivity index (χ0) is 18.2. The number of phosphoric ester groups is 1. The molecule has 0 bridgehead atoms. The van der Waals surface area contributed by atoms with Crippen LogP contribution in [0, 0.1) is 0 Å². The number of anilines is 1. The number of methoxy groups -OCH3 is 1. The summed E-state index contributed by atoms with van der Waals surface area (Å²) in [4.78, 5) is 22.0. The summed E-state index contributed by atoms with van der Waals surface area (Å²) in [5.74, 6) is 0.245. The lowest BCUT2D eigenvalue weighted by atomic mass is 10.1. The maximum Gasteiger partial charge on any atom is 0.472 e. The molecular formula is C13H20N5O6P. The summed E-state index contributed by atoms with van der Waals surface area (Å²) >= 11 is 0. The quantitative estimate of drug-likeness (QED) is 0.700. The Balaban J connectivity index is 1.98. The van der Waals surface area contributed by atoms with Crippen molar-refractivity contribution in [2.24, 2.45) is 0 Å². The van der Waals surface area contributed by atoms with Crippen LogP contribution in [0.1, 0.15) is 19.6 Å². The molecule has 1 saturated heterocycles. The number of phosphoric acid groups is 1. The lowest BCUT2D eigenvalue weighted by Gasteiger charge is -2.24. The van der Waals surface area contributed by atoms with Crippen LogP contribution in [0.2, 0.25) is 0 Å². The Hall–Kier alpha value is -1.62. The normalized spacial score (nSPS) is 29.1. The summed E-state index contributed by atoms with van der Waals surface area (Å²) in [7, 11) is -1.65. The topological polar surface area (TPSA) is 144 Å². The second kappa shape index (κ2) is 6.94. The molecule has 5 atom stereocenters. The highest BCUT2D eigenvalue weighted by atomic mass is 31.2. The molecule has 2 unspecified atom stereocenters. The largest absolute Gasteiger partial charge is 0.472 e.